The number of imide groups is 2. The summed E-state index contributed by atoms with van der Waals surface area (Å²) in [6.07, 6.45) is -1.56. The molecule has 0 aromatic heterocycles. The highest BCUT2D eigenvalue weighted by Gasteiger charge is 2.64. The van der Waals surface area contributed by atoms with Gasteiger partial charge >= 0.3 is 6.09 Å². The standard InChI is InChI=1S/C19H18N6O6/c20-22-21-12-3-1-11(2-4-12)19(25-16(28)7-8-17(25)29)13(9-10-23(19)18(30)31)24-14(26)5-6-15(24)27/h1-4,13H,5-10H2,(H,30,31). The van der Waals surface area contributed by atoms with E-state index in [0.29, 0.717) is 0 Å². The molecule has 4 rings (SSSR count). The van der Waals surface area contributed by atoms with E-state index in [1.165, 1.54) is 24.3 Å². The molecule has 160 valence electrons. The van der Waals surface area contributed by atoms with E-state index in [-0.39, 0.29) is 49.9 Å². The molecule has 12 heteroatoms. The topological polar surface area (TPSA) is 164 Å². The van der Waals surface area contributed by atoms with Gasteiger partial charge in [-0.2, -0.15) is 0 Å². The molecule has 2 unspecified atom stereocenters. The normalized spacial score (nSPS) is 26.1. The third-order valence-electron chi connectivity index (χ3n) is 5.98. The number of benzene rings is 1. The largest absolute Gasteiger partial charge is 0.465 e. The molecule has 0 saturated carbocycles. The summed E-state index contributed by atoms with van der Waals surface area (Å²) in [4.78, 5) is 68.7. The highest BCUT2D eigenvalue weighted by molar-refractivity contribution is 6.05. The minimum Gasteiger partial charge on any atom is -0.465 e. The Morgan fingerprint density at radius 3 is 2.06 bits per heavy atom. The Morgan fingerprint density at radius 1 is 1.00 bits per heavy atom. The summed E-state index contributed by atoms with van der Waals surface area (Å²) in [6, 6.07) is 4.67. The van der Waals surface area contributed by atoms with Crippen molar-refractivity contribution in [3.63, 3.8) is 0 Å². The molecule has 12 nitrogen and oxygen atoms in total. The zero-order valence-electron chi connectivity index (χ0n) is 16.3. The van der Waals surface area contributed by atoms with Crippen molar-refractivity contribution in [2.24, 2.45) is 5.11 Å². The van der Waals surface area contributed by atoms with Gasteiger partial charge in [0.15, 0.2) is 5.66 Å². The van der Waals surface area contributed by atoms with Gasteiger partial charge in [-0.05, 0) is 12.0 Å². The summed E-state index contributed by atoms with van der Waals surface area (Å²) in [5.74, 6) is -2.12. The average Bonchev–Trinajstić information content (AvgIpc) is 3.38. The zero-order valence-corrected chi connectivity index (χ0v) is 16.3. The van der Waals surface area contributed by atoms with Crippen LogP contribution < -0.4 is 0 Å². The lowest BCUT2D eigenvalue weighted by atomic mass is 9.88. The summed E-state index contributed by atoms with van der Waals surface area (Å²) < 4.78 is 0. The van der Waals surface area contributed by atoms with Crippen molar-refractivity contribution in [2.75, 3.05) is 6.54 Å². The van der Waals surface area contributed by atoms with Crippen LogP contribution in [-0.4, -0.2) is 62.1 Å². The monoisotopic (exact) mass is 426 g/mol. The van der Waals surface area contributed by atoms with E-state index in [0.717, 1.165) is 14.7 Å². The Balaban J connectivity index is 1.99. The van der Waals surface area contributed by atoms with Crippen LogP contribution in [0.3, 0.4) is 0 Å². The summed E-state index contributed by atoms with van der Waals surface area (Å²) in [5.41, 5.74) is 7.21. The maximum atomic E-state index is 12.8. The van der Waals surface area contributed by atoms with Gasteiger partial charge in [0.05, 0.1) is 6.04 Å². The fraction of sp³-hybridized carbons (Fsp3) is 0.421. The molecule has 3 fully saturated rings. The van der Waals surface area contributed by atoms with Crippen molar-refractivity contribution < 1.29 is 29.1 Å². The molecule has 3 aliphatic heterocycles. The number of carbonyl (C=O) groups is 5. The molecule has 3 aliphatic rings. The van der Waals surface area contributed by atoms with Crippen LogP contribution in [0.25, 0.3) is 10.4 Å². The van der Waals surface area contributed by atoms with E-state index in [1.54, 1.807) is 0 Å². The van der Waals surface area contributed by atoms with Crippen LogP contribution >= 0.6 is 0 Å². The second kappa shape index (κ2) is 7.40. The predicted octanol–water partition coefficient (Wildman–Crippen LogP) is 1.83. The summed E-state index contributed by atoms with van der Waals surface area (Å²) in [7, 11) is 0. The molecule has 1 N–H and O–H groups in total. The first-order chi connectivity index (χ1) is 14.8. The molecule has 0 spiro atoms. The molecule has 3 heterocycles. The lowest BCUT2D eigenvalue weighted by molar-refractivity contribution is -0.164. The molecule has 0 aliphatic carbocycles. The number of likely N-dealkylation sites (tertiary alicyclic amines) is 3. The first kappa shape index (κ1) is 20.4. The van der Waals surface area contributed by atoms with E-state index in [1.807, 2.05) is 0 Å². The van der Waals surface area contributed by atoms with E-state index in [4.69, 9.17) is 5.53 Å². The molecule has 1 aromatic rings. The zero-order chi connectivity index (χ0) is 22.3. The number of hydrogen-bond donors (Lipinski definition) is 1. The smallest absolute Gasteiger partial charge is 0.409 e. The predicted molar refractivity (Wildman–Crippen MR) is 102 cm³/mol. The second-order valence-corrected chi connectivity index (χ2v) is 7.48. The summed E-state index contributed by atoms with van der Waals surface area (Å²) in [6.45, 7) is -0.0911. The number of carboxylic acid groups (broad SMARTS) is 1. The Bertz CT molecular complexity index is 1020. The Hall–Kier alpha value is -3.92. The van der Waals surface area contributed by atoms with Gasteiger partial charge in [0.2, 0.25) is 23.6 Å². The van der Waals surface area contributed by atoms with Crippen molar-refractivity contribution in [1.29, 1.82) is 0 Å². The highest BCUT2D eigenvalue weighted by Crippen LogP contribution is 2.48. The van der Waals surface area contributed by atoms with E-state index >= 15 is 0 Å². The minimum absolute atomic E-state index is 0.0177. The molecule has 0 radical (unpaired) electrons. The van der Waals surface area contributed by atoms with E-state index in [2.05, 4.69) is 10.0 Å². The average molecular weight is 426 g/mol. The van der Waals surface area contributed by atoms with Gasteiger partial charge in [0.1, 0.15) is 0 Å². The molecule has 31 heavy (non-hydrogen) atoms. The minimum atomic E-state index is -1.90. The SMILES string of the molecule is [N-]=[N+]=Nc1ccc(C2(N3C(=O)CCC3=O)C(N3C(=O)CCC3=O)CCN2C(=O)O)cc1. The Morgan fingerprint density at radius 2 is 1.55 bits per heavy atom. The quantitative estimate of drug-likeness (QED) is 0.334. The molecule has 5 amide bonds. The van der Waals surface area contributed by atoms with Crippen LogP contribution in [0.15, 0.2) is 29.4 Å². The number of hydrogen-bond acceptors (Lipinski definition) is 6. The van der Waals surface area contributed by atoms with Gasteiger partial charge in [-0.15, -0.1) is 0 Å². The summed E-state index contributed by atoms with van der Waals surface area (Å²) >= 11 is 0. The molecule has 3 saturated heterocycles. The molecule has 0 bridgehead atoms. The van der Waals surface area contributed by atoms with Crippen LogP contribution in [0.1, 0.15) is 37.7 Å². The van der Waals surface area contributed by atoms with Crippen LogP contribution in [0.5, 0.6) is 0 Å². The van der Waals surface area contributed by atoms with Crippen molar-refractivity contribution in [1.82, 2.24) is 14.7 Å². The molecule has 2 atom stereocenters. The lowest BCUT2D eigenvalue weighted by Gasteiger charge is -2.48. The van der Waals surface area contributed by atoms with Gasteiger partial charge in [-0.25, -0.2) is 4.79 Å². The molecule has 1 aromatic carbocycles. The first-order valence-corrected chi connectivity index (χ1v) is 9.69. The highest BCUT2D eigenvalue weighted by atomic mass is 16.4. The van der Waals surface area contributed by atoms with Gasteiger partial charge in [-0.3, -0.25) is 33.9 Å². The van der Waals surface area contributed by atoms with Crippen molar-refractivity contribution in [2.45, 2.75) is 43.8 Å². The fourth-order valence-corrected chi connectivity index (χ4v) is 4.82. The number of nitrogens with zero attached hydrogens (tertiary/aromatic N) is 6. The lowest BCUT2D eigenvalue weighted by Crippen LogP contribution is -2.66. The molecular weight excluding hydrogens is 408 g/mol. The van der Waals surface area contributed by atoms with Crippen LogP contribution in [-0.2, 0) is 24.8 Å². The number of carbonyl (C=O) groups excluding carboxylic acids is 4. The number of rotatable bonds is 4. The van der Waals surface area contributed by atoms with Gasteiger partial charge in [0.25, 0.3) is 0 Å². The maximum Gasteiger partial charge on any atom is 0.409 e. The van der Waals surface area contributed by atoms with Crippen LogP contribution in [0.4, 0.5) is 10.5 Å². The third-order valence-corrected chi connectivity index (χ3v) is 5.98. The van der Waals surface area contributed by atoms with E-state index in [9.17, 15) is 29.1 Å². The summed E-state index contributed by atoms with van der Waals surface area (Å²) in [5, 5.41) is 13.5. The Kier molecular flexibility index (Phi) is 4.86. The molecular formula is C19H18N6O6. The fourth-order valence-electron chi connectivity index (χ4n) is 4.82. The third kappa shape index (κ3) is 2.91. The van der Waals surface area contributed by atoms with Crippen molar-refractivity contribution in [3.8, 4) is 0 Å². The van der Waals surface area contributed by atoms with E-state index < -0.39 is 41.4 Å². The van der Waals surface area contributed by atoms with Crippen molar-refractivity contribution >= 4 is 35.4 Å². The van der Waals surface area contributed by atoms with Crippen LogP contribution in [0, 0.1) is 0 Å². The van der Waals surface area contributed by atoms with Gasteiger partial charge < -0.3 is 5.11 Å². The first-order valence-electron chi connectivity index (χ1n) is 9.69. The second-order valence-electron chi connectivity index (χ2n) is 7.48. The Labute approximate surface area is 175 Å². The maximum absolute atomic E-state index is 12.8. The number of azide groups is 1. The van der Waals surface area contributed by atoms with Gasteiger partial charge in [0, 0.05) is 48.4 Å². The number of amides is 5. The van der Waals surface area contributed by atoms with Crippen LogP contribution in [0.2, 0.25) is 0 Å². The van der Waals surface area contributed by atoms with Crippen molar-refractivity contribution in [3.05, 3.63) is 40.3 Å². The van der Waals surface area contributed by atoms with Gasteiger partial charge in [-0.1, -0.05) is 29.4 Å².